The summed E-state index contributed by atoms with van der Waals surface area (Å²) in [5.41, 5.74) is 0. The van der Waals surface area contributed by atoms with Gasteiger partial charge in [-0.3, -0.25) is 0 Å². The summed E-state index contributed by atoms with van der Waals surface area (Å²) in [6, 6.07) is -1.90. The van der Waals surface area contributed by atoms with Crippen LogP contribution in [0.15, 0.2) is 0 Å². The Labute approximate surface area is 106 Å². The fraction of sp³-hybridized carbons (Fsp3) is 0.800. The summed E-state index contributed by atoms with van der Waals surface area (Å²) in [5.74, 6) is -1.25. The molecular formula is C10H18N2O5S. The number of carbonyl (C=O) groups is 2. The fourth-order valence-electron chi connectivity index (χ4n) is 1.87. The Hall–Kier alpha value is -1.31. The zero-order valence-corrected chi connectivity index (χ0v) is 11.2. The quantitative estimate of drug-likeness (QED) is 0.736. The molecule has 0 bridgehead atoms. The van der Waals surface area contributed by atoms with Gasteiger partial charge in [0.1, 0.15) is 6.04 Å². The highest BCUT2D eigenvalue weighted by atomic mass is 32.2. The van der Waals surface area contributed by atoms with Gasteiger partial charge in [-0.25, -0.2) is 18.0 Å². The summed E-state index contributed by atoms with van der Waals surface area (Å²) in [7, 11) is -3.09. The molecule has 0 aromatic heterocycles. The number of nitrogens with zero attached hydrogens (tertiary/aromatic N) is 1. The smallest absolute Gasteiger partial charge is 0.326 e. The maximum atomic E-state index is 11.8. The van der Waals surface area contributed by atoms with E-state index in [2.05, 4.69) is 5.32 Å². The molecule has 2 unspecified atom stereocenters. The molecule has 0 aliphatic carbocycles. The van der Waals surface area contributed by atoms with Crippen LogP contribution in [-0.2, 0) is 14.6 Å². The zero-order valence-electron chi connectivity index (χ0n) is 10.4. The molecule has 2 amide bonds. The number of carboxylic acid groups (broad SMARTS) is 1. The molecule has 1 saturated heterocycles. The maximum Gasteiger partial charge on any atom is 0.326 e. The van der Waals surface area contributed by atoms with Crippen molar-refractivity contribution in [3.63, 3.8) is 0 Å². The van der Waals surface area contributed by atoms with E-state index in [1.165, 1.54) is 4.90 Å². The second kappa shape index (κ2) is 5.55. The molecule has 0 radical (unpaired) electrons. The highest BCUT2D eigenvalue weighted by molar-refractivity contribution is 7.91. The third kappa shape index (κ3) is 3.59. The van der Waals surface area contributed by atoms with Crippen molar-refractivity contribution in [2.24, 2.45) is 0 Å². The molecule has 18 heavy (non-hydrogen) atoms. The van der Waals surface area contributed by atoms with Gasteiger partial charge in [0.15, 0.2) is 9.84 Å². The highest BCUT2D eigenvalue weighted by Crippen LogP contribution is 2.11. The average molecular weight is 278 g/mol. The molecule has 104 valence electrons. The van der Waals surface area contributed by atoms with Crippen LogP contribution in [0.1, 0.15) is 20.3 Å². The Morgan fingerprint density at radius 2 is 2.11 bits per heavy atom. The van der Waals surface area contributed by atoms with Crippen LogP contribution in [0.25, 0.3) is 0 Å². The predicted molar refractivity (Wildman–Crippen MR) is 65.1 cm³/mol. The molecule has 0 spiro atoms. The monoisotopic (exact) mass is 278 g/mol. The van der Waals surface area contributed by atoms with Gasteiger partial charge in [0, 0.05) is 12.6 Å². The molecular weight excluding hydrogens is 260 g/mol. The van der Waals surface area contributed by atoms with Crippen LogP contribution in [0, 0.1) is 0 Å². The lowest BCUT2D eigenvalue weighted by atomic mass is 10.2. The first-order chi connectivity index (χ1) is 8.26. The number of urea groups is 1. The molecule has 8 heteroatoms. The van der Waals surface area contributed by atoms with Gasteiger partial charge in [0.2, 0.25) is 0 Å². The lowest BCUT2D eigenvalue weighted by Gasteiger charge is -2.33. The standard InChI is InChI=1S/C10H18N2O5S/c1-3-8(9(13)14)11-10(15)12-4-5-18(16,17)6-7(12)2/h7-8H,3-6H2,1-2H3,(H,11,15)(H,13,14). The summed E-state index contributed by atoms with van der Waals surface area (Å²) >= 11 is 0. The van der Waals surface area contributed by atoms with Crippen LogP contribution in [0.2, 0.25) is 0 Å². The Morgan fingerprint density at radius 3 is 2.56 bits per heavy atom. The average Bonchev–Trinajstić information content (AvgIpc) is 2.23. The van der Waals surface area contributed by atoms with E-state index in [9.17, 15) is 18.0 Å². The van der Waals surface area contributed by atoms with Crippen molar-refractivity contribution in [1.82, 2.24) is 10.2 Å². The summed E-state index contributed by atoms with van der Waals surface area (Å²) in [5, 5.41) is 11.2. The van der Waals surface area contributed by atoms with E-state index < -0.39 is 33.9 Å². The van der Waals surface area contributed by atoms with Gasteiger partial charge in [-0.2, -0.15) is 0 Å². The minimum absolute atomic E-state index is 0.0748. The van der Waals surface area contributed by atoms with E-state index in [-0.39, 0.29) is 24.5 Å². The largest absolute Gasteiger partial charge is 0.480 e. The molecule has 7 nitrogen and oxygen atoms in total. The molecule has 1 fully saturated rings. The molecule has 0 saturated carbocycles. The first-order valence-electron chi connectivity index (χ1n) is 5.77. The van der Waals surface area contributed by atoms with Gasteiger partial charge in [-0.15, -0.1) is 0 Å². The lowest BCUT2D eigenvalue weighted by Crippen LogP contribution is -2.55. The van der Waals surface area contributed by atoms with E-state index in [4.69, 9.17) is 5.11 Å². The van der Waals surface area contributed by atoms with E-state index in [1.54, 1.807) is 13.8 Å². The van der Waals surface area contributed by atoms with Gasteiger partial charge >= 0.3 is 12.0 Å². The minimum atomic E-state index is -3.09. The van der Waals surface area contributed by atoms with Crippen LogP contribution in [0.3, 0.4) is 0 Å². The third-order valence-corrected chi connectivity index (χ3v) is 4.73. The number of carbonyl (C=O) groups excluding carboxylic acids is 1. The molecule has 0 aromatic rings. The SMILES string of the molecule is CCC(NC(=O)N1CCS(=O)(=O)CC1C)C(=O)O. The van der Waals surface area contributed by atoms with Gasteiger partial charge < -0.3 is 15.3 Å². The van der Waals surface area contributed by atoms with E-state index in [0.717, 1.165) is 0 Å². The number of hydrogen-bond acceptors (Lipinski definition) is 4. The first kappa shape index (κ1) is 14.7. The molecule has 1 aliphatic rings. The van der Waals surface area contributed by atoms with Crippen molar-refractivity contribution in [2.75, 3.05) is 18.1 Å². The van der Waals surface area contributed by atoms with E-state index in [0.29, 0.717) is 0 Å². The van der Waals surface area contributed by atoms with Crippen molar-refractivity contribution in [3.05, 3.63) is 0 Å². The van der Waals surface area contributed by atoms with Crippen LogP contribution >= 0.6 is 0 Å². The molecule has 1 heterocycles. The summed E-state index contributed by atoms with van der Waals surface area (Å²) < 4.78 is 22.7. The van der Waals surface area contributed by atoms with Gasteiger partial charge in [-0.05, 0) is 13.3 Å². The normalized spacial score (nSPS) is 24.3. The molecule has 0 aromatic carbocycles. The number of aliphatic carboxylic acids is 1. The second-order valence-corrected chi connectivity index (χ2v) is 6.63. The van der Waals surface area contributed by atoms with Crippen LogP contribution in [-0.4, -0.2) is 60.6 Å². The number of hydrogen-bond donors (Lipinski definition) is 2. The topological polar surface area (TPSA) is 104 Å². The maximum absolute atomic E-state index is 11.8. The van der Waals surface area contributed by atoms with Crippen molar-refractivity contribution >= 4 is 21.8 Å². The van der Waals surface area contributed by atoms with Crippen LogP contribution < -0.4 is 5.32 Å². The Bertz CT molecular complexity index is 434. The van der Waals surface area contributed by atoms with Crippen LogP contribution in [0.4, 0.5) is 4.79 Å². The van der Waals surface area contributed by atoms with Crippen molar-refractivity contribution < 1.29 is 23.1 Å². The molecule has 1 rings (SSSR count). The molecule has 2 atom stereocenters. The van der Waals surface area contributed by atoms with E-state index >= 15 is 0 Å². The highest BCUT2D eigenvalue weighted by Gasteiger charge is 2.32. The lowest BCUT2D eigenvalue weighted by molar-refractivity contribution is -0.139. The first-order valence-corrected chi connectivity index (χ1v) is 7.59. The molecule has 1 aliphatic heterocycles. The number of carboxylic acids is 1. The Morgan fingerprint density at radius 1 is 1.50 bits per heavy atom. The van der Waals surface area contributed by atoms with Crippen LogP contribution in [0.5, 0.6) is 0 Å². The third-order valence-electron chi connectivity index (χ3n) is 2.94. The number of nitrogens with one attached hydrogen (secondary N) is 1. The van der Waals surface area contributed by atoms with Gasteiger partial charge in [0.05, 0.1) is 11.5 Å². The minimum Gasteiger partial charge on any atom is -0.480 e. The van der Waals surface area contributed by atoms with Gasteiger partial charge in [0.25, 0.3) is 0 Å². The fourth-order valence-corrected chi connectivity index (χ4v) is 3.43. The van der Waals surface area contributed by atoms with Gasteiger partial charge in [-0.1, -0.05) is 6.92 Å². The zero-order chi connectivity index (χ0) is 13.9. The summed E-state index contributed by atoms with van der Waals surface area (Å²) in [6.07, 6.45) is 0.279. The number of sulfone groups is 1. The summed E-state index contributed by atoms with van der Waals surface area (Å²) in [6.45, 7) is 3.40. The van der Waals surface area contributed by atoms with E-state index in [1.807, 2.05) is 0 Å². The Balaban J connectivity index is 2.65. The Kier molecular flexibility index (Phi) is 4.55. The van der Waals surface area contributed by atoms with Crippen molar-refractivity contribution in [3.8, 4) is 0 Å². The van der Waals surface area contributed by atoms with Crippen molar-refractivity contribution in [1.29, 1.82) is 0 Å². The summed E-state index contributed by atoms with van der Waals surface area (Å²) in [4.78, 5) is 24.0. The second-order valence-electron chi connectivity index (χ2n) is 4.41. The predicted octanol–water partition coefficient (Wildman–Crippen LogP) is -0.322. The number of rotatable bonds is 3. The number of amides is 2. The van der Waals surface area contributed by atoms with Crippen molar-refractivity contribution in [2.45, 2.75) is 32.4 Å². The molecule has 2 N–H and O–H groups in total.